The van der Waals surface area contributed by atoms with Gasteiger partial charge in [-0.15, -0.1) is 0 Å². The molecule has 0 saturated heterocycles. The van der Waals surface area contributed by atoms with Crippen molar-refractivity contribution in [2.75, 3.05) is 5.32 Å². The molecule has 0 radical (unpaired) electrons. The zero-order valence-corrected chi connectivity index (χ0v) is 21.7. The number of nitrogens with one attached hydrogen (secondary N) is 1. The number of hydrogen-bond donors (Lipinski definition) is 1. The molecular weight excluding hydrogens is 422 g/mol. The number of anilines is 2. The lowest BCUT2D eigenvalue weighted by molar-refractivity contribution is 0.478. The second-order valence-electron chi connectivity index (χ2n) is 9.59. The largest absolute Gasteiger partial charge is 0.356 e. The van der Waals surface area contributed by atoms with Crippen molar-refractivity contribution < 1.29 is 0 Å². The number of rotatable bonds is 10. The predicted octanol–water partition coefficient (Wildman–Crippen LogP) is 9.64. The maximum atomic E-state index is 3.61. The molecule has 180 valence electrons. The van der Waals surface area contributed by atoms with Gasteiger partial charge in [-0.1, -0.05) is 113 Å². The zero-order chi connectivity index (χ0) is 24.7. The highest BCUT2D eigenvalue weighted by atomic mass is 14.9. The summed E-state index contributed by atoms with van der Waals surface area (Å²) < 4.78 is 0. The molecule has 0 unspecified atom stereocenters. The van der Waals surface area contributed by atoms with E-state index in [9.17, 15) is 0 Å². The molecule has 0 aromatic heterocycles. The van der Waals surface area contributed by atoms with E-state index in [-0.39, 0.29) is 10.8 Å². The van der Waals surface area contributed by atoms with Crippen LogP contribution in [0.1, 0.15) is 75.6 Å². The lowest BCUT2D eigenvalue weighted by atomic mass is 9.70. The molecule has 1 nitrogen and oxygen atoms in total. The van der Waals surface area contributed by atoms with Crippen LogP contribution in [0.3, 0.4) is 0 Å². The lowest BCUT2D eigenvalue weighted by Gasteiger charge is -2.33. The van der Waals surface area contributed by atoms with E-state index in [4.69, 9.17) is 0 Å². The molecular formula is C34H39N. The lowest BCUT2D eigenvalue weighted by Crippen LogP contribution is -2.26. The van der Waals surface area contributed by atoms with Gasteiger partial charge in [0.05, 0.1) is 0 Å². The van der Waals surface area contributed by atoms with Crippen molar-refractivity contribution in [3.8, 4) is 0 Å². The Balaban J connectivity index is 1.56. The molecule has 0 amide bonds. The van der Waals surface area contributed by atoms with Crippen molar-refractivity contribution in [2.24, 2.45) is 0 Å². The van der Waals surface area contributed by atoms with Crippen molar-refractivity contribution in [3.63, 3.8) is 0 Å². The van der Waals surface area contributed by atoms with E-state index in [1.807, 2.05) is 0 Å². The SMILES string of the molecule is CCC(CC)(c1ccccc1)c1ccc(Nc2ccc(C(CC)(CC)c3ccccc3)cc2)cc1. The van der Waals surface area contributed by atoms with E-state index in [2.05, 4.69) is 142 Å². The fourth-order valence-corrected chi connectivity index (χ4v) is 5.89. The Labute approximate surface area is 212 Å². The first-order valence-electron chi connectivity index (χ1n) is 13.2. The summed E-state index contributed by atoms with van der Waals surface area (Å²) in [6.45, 7) is 9.19. The van der Waals surface area contributed by atoms with Crippen LogP contribution >= 0.6 is 0 Å². The van der Waals surface area contributed by atoms with Crippen LogP contribution < -0.4 is 5.32 Å². The highest BCUT2D eigenvalue weighted by Gasteiger charge is 2.31. The predicted molar refractivity (Wildman–Crippen MR) is 152 cm³/mol. The number of hydrogen-bond acceptors (Lipinski definition) is 1. The molecule has 0 spiro atoms. The van der Waals surface area contributed by atoms with Gasteiger partial charge in [-0.3, -0.25) is 0 Å². The minimum absolute atomic E-state index is 0.0580. The van der Waals surface area contributed by atoms with Crippen LogP contribution in [0, 0.1) is 0 Å². The summed E-state index contributed by atoms with van der Waals surface area (Å²) >= 11 is 0. The van der Waals surface area contributed by atoms with Gasteiger partial charge in [0.2, 0.25) is 0 Å². The minimum atomic E-state index is 0.0580. The third-order valence-corrected chi connectivity index (χ3v) is 8.23. The van der Waals surface area contributed by atoms with E-state index in [1.54, 1.807) is 0 Å². The van der Waals surface area contributed by atoms with Gasteiger partial charge in [0, 0.05) is 22.2 Å². The first kappa shape index (κ1) is 24.8. The van der Waals surface area contributed by atoms with E-state index in [0.29, 0.717) is 0 Å². The van der Waals surface area contributed by atoms with Crippen LogP contribution in [-0.4, -0.2) is 0 Å². The Bertz CT molecular complexity index is 1070. The highest BCUT2D eigenvalue weighted by molar-refractivity contribution is 5.61. The molecule has 0 bridgehead atoms. The van der Waals surface area contributed by atoms with Gasteiger partial charge in [-0.25, -0.2) is 0 Å². The van der Waals surface area contributed by atoms with Crippen LogP contribution in [0.5, 0.6) is 0 Å². The molecule has 1 N–H and O–H groups in total. The Kier molecular flexibility index (Phi) is 7.76. The first-order valence-corrected chi connectivity index (χ1v) is 13.2. The molecule has 0 fully saturated rings. The standard InChI is InChI=1S/C34H39N/c1-5-33(6-2,27-15-11-9-12-16-27)29-19-23-31(24-20-29)35-32-25-21-30(22-26-32)34(7-3,8-4)28-17-13-10-14-18-28/h9-26,35H,5-8H2,1-4H3. The van der Waals surface area contributed by atoms with Crippen molar-refractivity contribution in [3.05, 3.63) is 131 Å². The molecule has 0 aliphatic heterocycles. The fourth-order valence-electron chi connectivity index (χ4n) is 5.89. The average molecular weight is 462 g/mol. The molecule has 0 heterocycles. The van der Waals surface area contributed by atoms with Gasteiger partial charge in [0.1, 0.15) is 0 Å². The van der Waals surface area contributed by atoms with E-state index >= 15 is 0 Å². The quantitative estimate of drug-likeness (QED) is 0.248. The first-order chi connectivity index (χ1) is 17.1. The summed E-state index contributed by atoms with van der Waals surface area (Å²) in [4.78, 5) is 0. The molecule has 4 rings (SSSR count). The summed E-state index contributed by atoms with van der Waals surface area (Å²) in [5.41, 5.74) is 7.92. The average Bonchev–Trinajstić information content (AvgIpc) is 2.94. The number of benzene rings is 4. The second-order valence-corrected chi connectivity index (χ2v) is 9.59. The topological polar surface area (TPSA) is 12.0 Å². The molecule has 0 saturated carbocycles. The highest BCUT2D eigenvalue weighted by Crippen LogP contribution is 2.40. The van der Waals surface area contributed by atoms with Crippen molar-refractivity contribution in [1.29, 1.82) is 0 Å². The van der Waals surface area contributed by atoms with E-state index in [1.165, 1.54) is 22.3 Å². The van der Waals surface area contributed by atoms with Crippen LogP contribution in [0.2, 0.25) is 0 Å². The Hall–Kier alpha value is -3.32. The van der Waals surface area contributed by atoms with Gasteiger partial charge < -0.3 is 5.32 Å². The summed E-state index contributed by atoms with van der Waals surface area (Å²) in [6.07, 6.45) is 4.33. The zero-order valence-electron chi connectivity index (χ0n) is 21.7. The molecule has 0 aliphatic rings. The molecule has 35 heavy (non-hydrogen) atoms. The monoisotopic (exact) mass is 461 g/mol. The molecule has 0 aliphatic carbocycles. The molecule has 4 aromatic carbocycles. The van der Waals surface area contributed by atoms with Gasteiger partial charge in [-0.05, 0) is 72.2 Å². The van der Waals surface area contributed by atoms with Gasteiger partial charge in [0.15, 0.2) is 0 Å². The maximum Gasteiger partial charge on any atom is 0.0384 e. The van der Waals surface area contributed by atoms with Crippen molar-refractivity contribution in [1.82, 2.24) is 0 Å². The maximum absolute atomic E-state index is 3.61. The normalized spacial score (nSPS) is 11.9. The van der Waals surface area contributed by atoms with Gasteiger partial charge >= 0.3 is 0 Å². The third kappa shape index (κ3) is 4.78. The van der Waals surface area contributed by atoms with Gasteiger partial charge in [0.25, 0.3) is 0 Å². The second kappa shape index (κ2) is 11.0. The van der Waals surface area contributed by atoms with Crippen LogP contribution in [0.4, 0.5) is 11.4 Å². The van der Waals surface area contributed by atoms with Crippen molar-refractivity contribution >= 4 is 11.4 Å². The summed E-state index contributed by atoms with van der Waals surface area (Å²) in [6, 6.07) is 39.9. The molecule has 4 aromatic rings. The van der Waals surface area contributed by atoms with Crippen LogP contribution in [0.15, 0.2) is 109 Å². The summed E-state index contributed by atoms with van der Waals surface area (Å²) in [5.74, 6) is 0. The van der Waals surface area contributed by atoms with Gasteiger partial charge in [-0.2, -0.15) is 0 Å². The fraction of sp³-hybridized carbons (Fsp3) is 0.294. The Morgan fingerprint density at radius 1 is 0.400 bits per heavy atom. The van der Waals surface area contributed by atoms with E-state index < -0.39 is 0 Å². The molecule has 0 atom stereocenters. The van der Waals surface area contributed by atoms with Crippen molar-refractivity contribution in [2.45, 2.75) is 64.2 Å². The minimum Gasteiger partial charge on any atom is -0.356 e. The third-order valence-electron chi connectivity index (χ3n) is 8.23. The smallest absolute Gasteiger partial charge is 0.0384 e. The summed E-state index contributed by atoms with van der Waals surface area (Å²) in [5, 5.41) is 3.61. The van der Waals surface area contributed by atoms with E-state index in [0.717, 1.165) is 37.1 Å². The summed E-state index contributed by atoms with van der Waals surface area (Å²) in [7, 11) is 0. The van der Waals surface area contributed by atoms with Crippen LogP contribution in [0.25, 0.3) is 0 Å². The Morgan fingerprint density at radius 2 is 0.686 bits per heavy atom. The van der Waals surface area contributed by atoms with Crippen LogP contribution in [-0.2, 0) is 10.8 Å². The molecule has 1 heteroatoms. The Morgan fingerprint density at radius 3 is 0.971 bits per heavy atom.